The van der Waals surface area contributed by atoms with Crippen molar-refractivity contribution in [3.8, 4) is 0 Å². The first kappa shape index (κ1) is 36.8. The molecule has 0 amide bonds. The topological polar surface area (TPSA) is 46.7 Å². The van der Waals surface area contributed by atoms with Crippen LogP contribution in [0.4, 0.5) is 11.4 Å². The van der Waals surface area contributed by atoms with Crippen molar-refractivity contribution in [3.63, 3.8) is 0 Å². The number of hydrogen-bond donors (Lipinski definition) is 0. The minimum Gasteiger partial charge on any atom is -1.00 e. The molecule has 2 heterocycles. The molecule has 0 aliphatic carbocycles. The van der Waals surface area contributed by atoms with Crippen LogP contribution in [0.2, 0.25) is 0 Å². The van der Waals surface area contributed by atoms with Crippen LogP contribution in [0.25, 0.3) is 10.6 Å². The zero-order valence-corrected chi connectivity index (χ0v) is 24.2. The molecule has 2 aliphatic rings. The summed E-state index contributed by atoms with van der Waals surface area (Å²) in [4.78, 5) is 0. The van der Waals surface area contributed by atoms with E-state index in [9.17, 15) is 0 Å². The Balaban J connectivity index is -0.000000368. The Morgan fingerprint density at radius 2 is 0.879 bits per heavy atom. The normalized spacial score (nSPS) is 13.0. The van der Waals surface area contributed by atoms with Crippen molar-refractivity contribution >= 4 is 11.4 Å². The van der Waals surface area contributed by atoms with Crippen LogP contribution in [0.3, 0.4) is 0 Å². The third kappa shape index (κ3) is 15.7. The van der Waals surface area contributed by atoms with Crippen LogP contribution in [0.1, 0.15) is 47.9 Å². The van der Waals surface area contributed by atoms with E-state index in [0.717, 1.165) is 37.8 Å². The fourth-order valence-corrected chi connectivity index (χ4v) is 2.98. The average Bonchev–Trinajstić information content (AvgIpc) is 3.52. The van der Waals surface area contributed by atoms with Crippen molar-refractivity contribution in [1.29, 1.82) is 0 Å². The van der Waals surface area contributed by atoms with Crippen LogP contribution in [-0.2, 0) is 31.2 Å². The maximum atomic E-state index is 4.94. The second kappa shape index (κ2) is 23.0. The molecule has 33 heavy (non-hydrogen) atoms. The van der Waals surface area contributed by atoms with Gasteiger partial charge in [-0.1, -0.05) is 47.5 Å². The van der Waals surface area contributed by atoms with Crippen molar-refractivity contribution in [2.75, 3.05) is 40.5 Å². The van der Waals surface area contributed by atoms with Crippen LogP contribution in [0.5, 0.6) is 0 Å². The number of aryl methyl sites for hydroxylation is 2. The Kier molecular flexibility index (Phi) is 25.7. The van der Waals surface area contributed by atoms with Gasteiger partial charge in [0.2, 0.25) is 0 Å². The number of halogens is 2. The molecule has 0 N–H and O–H groups in total. The molecule has 2 saturated heterocycles. The summed E-state index contributed by atoms with van der Waals surface area (Å²) >= 11 is 0. The molecule has 0 unspecified atom stereocenters. The summed E-state index contributed by atoms with van der Waals surface area (Å²) in [6, 6.07) is 12.3. The Morgan fingerprint density at radius 1 is 0.576 bits per heavy atom. The largest absolute Gasteiger partial charge is 4.00 e. The molecule has 0 saturated carbocycles. The summed E-state index contributed by atoms with van der Waals surface area (Å²) < 4.78 is 9.89. The number of benzene rings is 2. The molecule has 2 fully saturated rings. The number of nitrogens with zero attached hydrogens (tertiary/aromatic N) is 2. The van der Waals surface area contributed by atoms with E-state index in [2.05, 4.69) is 50.5 Å². The zero-order valence-electron chi connectivity index (χ0n) is 21.1. The van der Waals surface area contributed by atoms with E-state index in [1.54, 1.807) is 0 Å². The molecule has 7 heteroatoms. The predicted molar refractivity (Wildman–Crippen MR) is 130 cm³/mol. The quantitative estimate of drug-likeness (QED) is 0.552. The smallest absolute Gasteiger partial charge is 1.00 e. The molecule has 0 bridgehead atoms. The number of ether oxygens (including phenoxy) is 2. The maximum Gasteiger partial charge on any atom is 4.00 e. The van der Waals surface area contributed by atoms with Gasteiger partial charge in [0, 0.05) is 26.4 Å². The zero-order chi connectivity index (χ0) is 22.2. The van der Waals surface area contributed by atoms with Crippen molar-refractivity contribution in [2.45, 2.75) is 53.4 Å². The molecular weight excluding hydrogens is 491 g/mol. The molecule has 184 valence electrons. The van der Waals surface area contributed by atoms with E-state index in [-0.39, 0.29) is 46.5 Å². The van der Waals surface area contributed by atoms with Gasteiger partial charge in [0.05, 0.1) is 0 Å². The van der Waals surface area contributed by atoms with E-state index in [1.807, 2.05) is 38.4 Å². The van der Waals surface area contributed by atoms with Gasteiger partial charge in [-0.05, 0) is 64.5 Å². The fraction of sp³-hybridized carbons (Fsp3) is 0.538. The first-order valence-electron chi connectivity index (χ1n) is 11.0. The fourth-order valence-electron chi connectivity index (χ4n) is 2.98. The number of hydrogen-bond acceptors (Lipinski definition) is 2. The van der Waals surface area contributed by atoms with Gasteiger partial charge in [-0.25, -0.2) is 0 Å². The van der Waals surface area contributed by atoms with Gasteiger partial charge in [-0.15, -0.1) is 25.5 Å². The Hall–Kier alpha value is -0.746. The van der Waals surface area contributed by atoms with Crippen molar-refractivity contribution in [1.82, 2.24) is 0 Å². The summed E-state index contributed by atoms with van der Waals surface area (Å²) in [6.45, 7) is 12.4. The van der Waals surface area contributed by atoms with Crippen LogP contribution >= 0.6 is 0 Å². The van der Waals surface area contributed by atoms with E-state index < -0.39 is 0 Å². The van der Waals surface area contributed by atoms with Crippen LogP contribution in [0.15, 0.2) is 36.4 Å². The van der Waals surface area contributed by atoms with Crippen LogP contribution in [0, 0.1) is 27.7 Å². The first-order valence-corrected chi connectivity index (χ1v) is 11.0. The molecule has 2 aliphatic heterocycles. The Morgan fingerprint density at radius 3 is 1.06 bits per heavy atom. The summed E-state index contributed by atoms with van der Waals surface area (Å²) in [7, 11) is 3.64. The van der Waals surface area contributed by atoms with Gasteiger partial charge in [0.1, 0.15) is 0 Å². The van der Waals surface area contributed by atoms with Gasteiger partial charge >= 0.3 is 21.7 Å². The van der Waals surface area contributed by atoms with Crippen LogP contribution in [-0.4, -0.2) is 40.5 Å². The molecule has 2 aromatic rings. The molecule has 0 radical (unpaired) electrons. The van der Waals surface area contributed by atoms with Crippen molar-refractivity contribution < 1.29 is 56.0 Å². The molecule has 0 atom stereocenters. The molecule has 0 spiro atoms. The summed E-state index contributed by atoms with van der Waals surface area (Å²) in [5, 5.41) is 8.26. The average molecular weight is 531 g/mol. The Labute approximate surface area is 229 Å². The van der Waals surface area contributed by atoms with Gasteiger partial charge in [-0.3, -0.25) is 0 Å². The van der Waals surface area contributed by atoms with E-state index in [1.165, 1.54) is 47.9 Å². The van der Waals surface area contributed by atoms with Gasteiger partial charge < -0.3 is 44.9 Å². The summed E-state index contributed by atoms with van der Waals surface area (Å²) in [5.41, 5.74) is 7.38. The second-order valence-corrected chi connectivity index (χ2v) is 7.52. The van der Waals surface area contributed by atoms with Crippen molar-refractivity contribution in [3.05, 3.63) is 69.3 Å². The molecule has 0 aromatic heterocycles. The summed E-state index contributed by atoms with van der Waals surface area (Å²) in [6.07, 6.45) is 5.11. The Bertz CT molecular complexity index is 649. The molecule has 2 aromatic carbocycles. The van der Waals surface area contributed by atoms with Gasteiger partial charge in [0.25, 0.3) is 0 Å². The monoisotopic (exact) mass is 530 g/mol. The van der Waals surface area contributed by atoms with Gasteiger partial charge in [0.15, 0.2) is 0 Å². The van der Waals surface area contributed by atoms with E-state index in [0.29, 0.717) is 0 Å². The minimum absolute atomic E-state index is 0. The maximum absolute atomic E-state index is 4.94. The second-order valence-electron chi connectivity index (χ2n) is 7.52. The summed E-state index contributed by atoms with van der Waals surface area (Å²) in [5.74, 6) is 0. The molecule has 4 rings (SSSR count). The first-order chi connectivity index (χ1) is 14.5. The third-order valence-electron chi connectivity index (χ3n) is 5.29. The predicted octanol–water partition coefficient (Wildman–Crippen LogP) is 1.48. The minimum atomic E-state index is 0. The van der Waals surface area contributed by atoms with Gasteiger partial charge in [-0.2, -0.15) is 0 Å². The molecule has 4 nitrogen and oxygen atoms in total. The van der Waals surface area contributed by atoms with Crippen LogP contribution < -0.4 is 24.8 Å². The third-order valence-corrected chi connectivity index (χ3v) is 5.29. The standard InChI is InChI=1S/2C9H12N.2C4H8O.2ClH.Ti/c2*1-7-5-4-6-9(10-3)8(7)2;2*1-2-4-5-3-1;;;/h2*4-6H,1-3H3;2*1-4H2;2*1H;/q2*-1;;;;;+4/p-2. The van der Waals surface area contributed by atoms with E-state index in [4.69, 9.17) is 9.47 Å². The molecular formula is C26H40Cl2N2O2Ti. The van der Waals surface area contributed by atoms with E-state index >= 15 is 0 Å². The van der Waals surface area contributed by atoms with Crippen molar-refractivity contribution in [2.24, 2.45) is 0 Å². The SMILES string of the molecule is C1CCOC1.C1CCOC1.C[N-]c1cccc(C)c1C.C[N-]c1cccc(C)c1C.[Cl-].[Cl-].[Ti+4]. The number of rotatable bonds is 2.